The van der Waals surface area contributed by atoms with E-state index in [1.165, 1.54) is 10.6 Å². The molecule has 1 aromatic rings. The molecule has 2 heterocycles. The average molecular weight is 208 g/mol. The summed E-state index contributed by atoms with van der Waals surface area (Å²) in [5.41, 5.74) is 0.724. The van der Waals surface area contributed by atoms with Gasteiger partial charge in [-0.2, -0.15) is 0 Å². The molecule has 1 fully saturated rings. The van der Waals surface area contributed by atoms with Crippen molar-refractivity contribution < 1.29 is 9.90 Å². The van der Waals surface area contributed by atoms with Crippen LogP contribution in [0.15, 0.2) is 23.1 Å². The van der Waals surface area contributed by atoms with E-state index in [-0.39, 0.29) is 11.5 Å². The van der Waals surface area contributed by atoms with Crippen molar-refractivity contribution in [2.75, 3.05) is 18.0 Å². The Morgan fingerprint density at radius 1 is 1.53 bits per heavy atom. The Balaban J connectivity index is 2.10. The maximum absolute atomic E-state index is 11.3. The molecule has 1 aromatic heterocycles. The lowest BCUT2D eigenvalue weighted by molar-refractivity contribution is -0.142. The summed E-state index contributed by atoms with van der Waals surface area (Å²) in [4.78, 5) is 23.8. The molecule has 0 saturated carbocycles. The summed E-state index contributed by atoms with van der Waals surface area (Å²) in [5.74, 6) is -1.07. The molecule has 1 aliphatic heterocycles. The van der Waals surface area contributed by atoms with E-state index in [0.717, 1.165) is 5.69 Å². The second-order valence-corrected chi connectivity index (χ2v) is 3.77. The van der Waals surface area contributed by atoms with E-state index in [1.54, 1.807) is 13.2 Å². The molecule has 1 N–H and O–H groups in total. The standard InChI is InChI=1S/C10H12N2O3/c1-11-3-2-8(4-9(11)13)12-5-7(6-12)10(14)15/h2-4,7H,5-6H2,1H3,(H,14,15). The SMILES string of the molecule is Cn1ccc(N2CC(C(=O)O)C2)cc1=O. The van der Waals surface area contributed by atoms with Gasteiger partial charge in [-0.25, -0.2) is 0 Å². The molecule has 0 atom stereocenters. The predicted octanol–water partition coefficient (Wildman–Crippen LogP) is -0.0939. The van der Waals surface area contributed by atoms with Crippen molar-refractivity contribution in [3.63, 3.8) is 0 Å². The van der Waals surface area contributed by atoms with E-state index in [9.17, 15) is 9.59 Å². The highest BCUT2D eigenvalue weighted by molar-refractivity contribution is 5.74. The molecule has 1 saturated heterocycles. The molecular formula is C10H12N2O3. The van der Waals surface area contributed by atoms with Crippen LogP contribution in [-0.4, -0.2) is 28.7 Å². The third-order valence-corrected chi connectivity index (χ3v) is 2.68. The van der Waals surface area contributed by atoms with Gasteiger partial charge in [0.1, 0.15) is 0 Å². The monoisotopic (exact) mass is 208 g/mol. The van der Waals surface area contributed by atoms with E-state index in [0.29, 0.717) is 13.1 Å². The number of nitrogens with zero attached hydrogens (tertiary/aromatic N) is 2. The van der Waals surface area contributed by atoms with Gasteiger partial charge in [-0.1, -0.05) is 0 Å². The number of aryl methyl sites for hydroxylation is 1. The first-order valence-corrected chi connectivity index (χ1v) is 4.72. The quantitative estimate of drug-likeness (QED) is 0.737. The lowest BCUT2D eigenvalue weighted by atomic mass is 10.00. The summed E-state index contributed by atoms with van der Waals surface area (Å²) >= 11 is 0. The van der Waals surface area contributed by atoms with Gasteiger partial charge in [-0.3, -0.25) is 9.59 Å². The van der Waals surface area contributed by atoms with Crippen LogP contribution < -0.4 is 10.5 Å². The number of aliphatic carboxylic acids is 1. The van der Waals surface area contributed by atoms with E-state index in [4.69, 9.17) is 5.11 Å². The van der Waals surface area contributed by atoms with Crippen LogP contribution in [0, 0.1) is 5.92 Å². The molecule has 0 aliphatic carbocycles. The summed E-state index contributed by atoms with van der Waals surface area (Å²) in [6, 6.07) is 3.34. The van der Waals surface area contributed by atoms with E-state index >= 15 is 0 Å². The molecule has 0 bridgehead atoms. The van der Waals surface area contributed by atoms with E-state index in [2.05, 4.69) is 0 Å². The molecule has 2 rings (SSSR count). The summed E-state index contributed by atoms with van der Waals surface area (Å²) in [6.07, 6.45) is 1.69. The number of pyridine rings is 1. The number of carboxylic acids is 1. The Morgan fingerprint density at radius 3 is 2.73 bits per heavy atom. The number of hydrogen-bond acceptors (Lipinski definition) is 3. The first-order chi connectivity index (χ1) is 7.08. The normalized spacial score (nSPS) is 16.2. The van der Waals surface area contributed by atoms with Crippen LogP contribution in [0.4, 0.5) is 5.69 Å². The Morgan fingerprint density at radius 2 is 2.20 bits per heavy atom. The molecule has 0 radical (unpaired) electrons. The molecule has 0 unspecified atom stereocenters. The Labute approximate surface area is 86.6 Å². The highest BCUT2D eigenvalue weighted by Crippen LogP contribution is 2.22. The molecule has 80 valence electrons. The van der Waals surface area contributed by atoms with Crippen LogP contribution >= 0.6 is 0 Å². The van der Waals surface area contributed by atoms with Crippen molar-refractivity contribution >= 4 is 11.7 Å². The van der Waals surface area contributed by atoms with Gasteiger partial charge in [0.25, 0.3) is 5.56 Å². The Hall–Kier alpha value is -1.78. The predicted molar refractivity (Wildman–Crippen MR) is 55.0 cm³/mol. The van der Waals surface area contributed by atoms with Gasteiger partial charge < -0.3 is 14.6 Å². The van der Waals surface area contributed by atoms with E-state index < -0.39 is 5.97 Å². The van der Waals surface area contributed by atoms with Crippen molar-refractivity contribution in [3.05, 3.63) is 28.7 Å². The minimum atomic E-state index is -0.768. The maximum atomic E-state index is 11.3. The summed E-state index contributed by atoms with van der Waals surface area (Å²) in [6.45, 7) is 0.977. The van der Waals surface area contributed by atoms with Crippen molar-refractivity contribution in [2.24, 2.45) is 13.0 Å². The molecule has 0 aromatic carbocycles. The number of hydrogen-bond donors (Lipinski definition) is 1. The topological polar surface area (TPSA) is 62.5 Å². The molecule has 5 heteroatoms. The third-order valence-electron chi connectivity index (χ3n) is 2.68. The zero-order chi connectivity index (χ0) is 11.0. The van der Waals surface area contributed by atoms with Crippen LogP contribution in [0.1, 0.15) is 0 Å². The van der Waals surface area contributed by atoms with Crippen molar-refractivity contribution in [2.45, 2.75) is 0 Å². The fourth-order valence-corrected chi connectivity index (χ4v) is 1.58. The van der Waals surface area contributed by atoms with Gasteiger partial charge in [-0.05, 0) is 6.07 Å². The van der Waals surface area contributed by atoms with E-state index in [1.807, 2.05) is 11.0 Å². The van der Waals surface area contributed by atoms with Gasteiger partial charge in [0.15, 0.2) is 0 Å². The molecule has 15 heavy (non-hydrogen) atoms. The number of carboxylic acid groups (broad SMARTS) is 1. The molecule has 0 amide bonds. The lowest BCUT2D eigenvalue weighted by Gasteiger charge is -2.38. The molecule has 5 nitrogen and oxygen atoms in total. The number of carbonyl (C=O) groups is 1. The smallest absolute Gasteiger partial charge is 0.310 e. The largest absolute Gasteiger partial charge is 0.481 e. The molecule has 0 spiro atoms. The second kappa shape index (κ2) is 3.42. The van der Waals surface area contributed by atoms with Crippen molar-refractivity contribution in [3.8, 4) is 0 Å². The molecule has 1 aliphatic rings. The Kier molecular flexibility index (Phi) is 2.22. The maximum Gasteiger partial charge on any atom is 0.310 e. The van der Waals surface area contributed by atoms with Gasteiger partial charge in [0.2, 0.25) is 0 Å². The van der Waals surface area contributed by atoms with Crippen LogP contribution in [-0.2, 0) is 11.8 Å². The zero-order valence-electron chi connectivity index (χ0n) is 8.38. The third kappa shape index (κ3) is 1.72. The number of rotatable bonds is 2. The van der Waals surface area contributed by atoms with Crippen molar-refractivity contribution in [1.29, 1.82) is 0 Å². The molecular weight excluding hydrogens is 196 g/mol. The van der Waals surface area contributed by atoms with Gasteiger partial charge >= 0.3 is 5.97 Å². The number of anilines is 1. The van der Waals surface area contributed by atoms with Crippen molar-refractivity contribution in [1.82, 2.24) is 4.57 Å². The van der Waals surface area contributed by atoms with Gasteiger partial charge in [0.05, 0.1) is 5.92 Å². The van der Waals surface area contributed by atoms with Crippen LogP contribution in [0.5, 0.6) is 0 Å². The minimum Gasteiger partial charge on any atom is -0.481 e. The number of aromatic nitrogens is 1. The second-order valence-electron chi connectivity index (χ2n) is 3.77. The van der Waals surface area contributed by atoms with Crippen LogP contribution in [0.25, 0.3) is 0 Å². The highest BCUT2D eigenvalue weighted by atomic mass is 16.4. The highest BCUT2D eigenvalue weighted by Gasteiger charge is 2.32. The van der Waals surface area contributed by atoms with Gasteiger partial charge in [-0.15, -0.1) is 0 Å². The summed E-state index contributed by atoms with van der Waals surface area (Å²) in [7, 11) is 1.68. The summed E-state index contributed by atoms with van der Waals surface area (Å²) in [5, 5.41) is 8.70. The zero-order valence-corrected chi connectivity index (χ0v) is 8.38. The minimum absolute atomic E-state index is 0.0775. The van der Waals surface area contributed by atoms with Crippen LogP contribution in [0.3, 0.4) is 0 Å². The summed E-state index contributed by atoms with van der Waals surface area (Å²) < 4.78 is 1.48. The Bertz CT molecular complexity index is 446. The van der Waals surface area contributed by atoms with Gasteiger partial charge in [0, 0.05) is 38.1 Å². The lowest BCUT2D eigenvalue weighted by Crippen LogP contribution is -2.50. The first kappa shape index (κ1) is 9.76. The fourth-order valence-electron chi connectivity index (χ4n) is 1.58. The average Bonchev–Trinajstić information content (AvgIpc) is 2.08. The first-order valence-electron chi connectivity index (χ1n) is 4.72. The fraction of sp³-hybridized carbons (Fsp3) is 0.400. The van der Waals surface area contributed by atoms with Crippen LogP contribution in [0.2, 0.25) is 0 Å².